The summed E-state index contributed by atoms with van der Waals surface area (Å²) in [5, 5.41) is -0.0416. The average molecular weight is 399 g/mol. The lowest BCUT2D eigenvalue weighted by Gasteiger charge is -2.16. The second kappa shape index (κ2) is 9.15. The van der Waals surface area contributed by atoms with Gasteiger partial charge in [0.25, 0.3) is 0 Å². The van der Waals surface area contributed by atoms with Crippen molar-refractivity contribution in [3.63, 3.8) is 0 Å². The molecular formula is C20H21ClF2O4. The normalized spacial score (nSPS) is 11.0. The van der Waals surface area contributed by atoms with E-state index in [2.05, 4.69) is 4.74 Å². The molecule has 0 aliphatic rings. The van der Waals surface area contributed by atoms with Gasteiger partial charge in [-0.25, -0.2) is 13.6 Å². The van der Waals surface area contributed by atoms with Gasteiger partial charge in [0.15, 0.2) is 18.4 Å². The van der Waals surface area contributed by atoms with Crippen LogP contribution in [-0.2, 0) is 15.9 Å². The van der Waals surface area contributed by atoms with Crippen LogP contribution in [0.15, 0.2) is 24.3 Å². The molecule has 0 amide bonds. The van der Waals surface area contributed by atoms with Crippen LogP contribution in [0.1, 0.15) is 46.8 Å². The van der Waals surface area contributed by atoms with E-state index in [1.165, 1.54) is 7.11 Å². The van der Waals surface area contributed by atoms with Crippen LogP contribution in [0.4, 0.5) is 8.78 Å². The average Bonchev–Trinajstić information content (AvgIpc) is 2.66. The topological polar surface area (TPSA) is 44.8 Å². The maximum atomic E-state index is 14.5. The van der Waals surface area contributed by atoms with Crippen molar-refractivity contribution < 1.29 is 27.8 Å². The smallest absolute Gasteiger partial charge is 0.341 e. The standard InChI is InChI=1S/C20H21ClF2O4/c1-11(2)13-7-12(5-6-17(13)27-10-25-3)8-14-16(21)9-15(20(24)26-4)19(23)18(14)22/h5-7,9,11H,8,10H2,1-4H3. The Bertz CT molecular complexity index is 837. The Balaban J connectivity index is 2.41. The first-order valence-corrected chi connectivity index (χ1v) is 8.67. The van der Waals surface area contributed by atoms with E-state index in [1.54, 1.807) is 12.1 Å². The summed E-state index contributed by atoms with van der Waals surface area (Å²) in [5.74, 6) is -2.61. The first-order chi connectivity index (χ1) is 12.8. The van der Waals surface area contributed by atoms with Crippen molar-refractivity contribution in [1.82, 2.24) is 0 Å². The molecule has 0 N–H and O–H groups in total. The lowest BCUT2D eigenvalue weighted by atomic mass is 9.96. The van der Waals surface area contributed by atoms with Gasteiger partial charge >= 0.3 is 5.97 Å². The Morgan fingerprint density at radius 2 is 1.85 bits per heavy atom. The van der Waals surface area contributed by atoms with Crippen LogP contribution in [-0.4, -0.2) is 27.0 Å². The van der Waals surface area contributed by atoms with Gasteiger partial charge in [-0.3, -0.25) is 0 Å². The maximum absolute atomic E-state index is 14.5. The number of ether oxygens (including phenoxy) is 3. The highest BCUT2D eigenvalue weighted by atomic mass is 35.5. The van der Waals surface area contributed by atoms with Crippen molar-refractivity contribution in [1.29, 1.82) is 0 Å². The molecule has 2 aromatic carbocycles. The molecule has 2 aromatic rings. The quantitative estimate of drug-likeness (QED) is 0.369. The molecule has 27 heavy (non-hydrogen) atoms. The van der Waals surface area contributed by atoms with E-state index in [0.717, 1.165) is 24.3 Å². The molecule has 0 atom stereocenters. The van der Waals surface area contributed by atoms with Gasteiger partial charge in [0.05, 0.1) is 12.7 Å². The number of benzene rings is 2. The third-order valence-corrected chi connectivity index (χ3v) is 4.41. The number of hydrogen-bond acceptors (Lipinski definition) is 4. The minimum atomic E-state index is -1.27. The Morgan fingerprint density at radius 1 is 1.15 bits per heavy atom. The molecule has 0 aliphatic carbocycles. The van der Waals surface area contributed by atoms with Crippen LogP contribution in [0, 0.1) is 11.6 Å². The summed E-state index contributed by atoms with van der Waals surface area (Å²) in [6.45, 7) is 4.11. The van der Waals surface area contributed by atoms with Crippen molar-refractivity contribution in [2.24, 2.45) is 0 Å². The van der Waals surface area contributed by atoms with Gasteiger partial charge < -0.3 is 14.2 Å². The van der Waals surface area contributed by atoms with Gasteiger partial charge in [-0.1, -0.05) is 37.6 Å². The fourth-order valence-corrected chi connectivity index (χ4v) is 2.93. The molecule has 4 nitrogen and oxygen atoms in total. The van der Waals surface area contributed by atoms with Crippen LogP contribution in [0.2, 0.25) is 5.02 Å². The van der Waals surface area contributed by atoms with E-state index in [9.17, 15) is 13.6 Å². The Kier molecular flexibility index (Phi) is 7.16. The molecule has 2 rings (SSSR count). The van der Waals surface area contributed by atoms with Crippen molar-refractivity contribution in [3.05, 3.63) is 63.2 Å². The van der Waals surface area contributed by atoms with Gasteiger partial charge in [-0.15, -0.1) is 0 Å². The lowest BCUT2D eigenvalue weighted by molar-refractivity contribution is 0.0502. The molecule has 0 saturated carbocycles. The van der Waals surface area contributed by atoms with Crippen molar-refractivity contribution >= 4 is 17.6 Å². The third-order valence-electron chi connectivity index (χ3n) is 4.07. The summed E-state index contributed by atoms with van der Waals surface area (Å²) in [6, 6.07) is 6.45. The highest BCUT2D eigenvalue weighted by molar-refractivity contribution is 6.31. The molecule has 7 heteroatoms. The Morgan fingerprint density at radius 3 is 2.44 bits per heavy atom. The van der Waals surface area contributed by atoms with Crippen LogP contribution in [0.3, 0.4) is 0 Å². The second-order valence-electron chi connectivity index (χ2n) is 6.26. The molecule has 0 spiro atoms. The molecular weight excluding hydrogens is 378 g/mol. The van der Waals surface area contributed by atoms with Crippen LogP contribution in [0.5, 0.6) is 5.75 Å². The van der Waals surface area contributed by atoms with E-state index in [0.29, 0.717) is 5.75 Å². The zero-order valence-corrected chi connectivity index (χ0v) is 16.3. The van der Waals surface area contributed by atoms with Crippen LogP contribution >= 0.6 is 11.6 Å². The summed E-state index contributed by atoms with van der Waals surface area (Å²) in [6.07, 6.45) is 0.0628. The number of rotatable bonds is 7. The number of halogens is 3. The minimum absolute atomic E-state index is 0.0258. The predicted octanol–water partition coefficient (Wildman–Crippen LogP) is 5.10. The van der Waals surface area contributed by atoms with E-state index >= 15 is 0 Å². The summed E-state index contributed by atoms with van der Waals surface area (Å²) in [5.41, 5.74) is 1.08. The summed E-state index contributed by atoms with van der Waals surface area (Å²) in [7, 11) is 2.61. The summed E-state index contributed by atoms with van der Waals surface area (Å²) >= 11 is 6.10. The fourth-order valence-electron chi connectivity index (χ4n) is 2.67. The molecule has 0 fully saturated rings. The van der Waals surface area contributed by atoms with Crippen molar-refractivity contribution in [3.8, 4) is 5.75 Å². The molecule has 0 radical (unpaired) electrons. The lowest BCUT2D eigenvalue weighted by Crippen LogP contribution is -2.09. The molecule has 0 unspecified atom stereocenters. The van der Waals surface area contributed by atoms with Crippen LogP contribution in [0.25, 0.3) is 0 Å². The molecule has 146 valence electrons. The van der Waals surface area contributed by atoms with Crippen LogP contribution < -0.4 is 4.74 Å². The first kappa shape index (κ1) is 21.1. The highest BCUT2D eigenvalue weighted by Crippen LogP contribution is 2.31. The SMILES string of the molecule is COCOc1ccc(Cc2c(Cl)cc(C(=O)OC)c(F)c2F)cc1C(C)C. The molecule has 0 aliphatic heterocycles. The number of esters is 1. The number of carbonyl (C=O) groups is 1. The van der Waals surface area contributed by atoms with E-state index in [1.807, 2.05) is 19.9 Å². The van der Waals surface area contributed by atoms with E-state index < -0.39 is 23.2 Å². The van der Waals surface area contributed by atoms with Gasteiger partial charge in [0, 0.05) is 24.1 Å². The maximum Gasteiger partial charge on any atom is 0.341 e. The number of methoxy groups -OCH3 is 2. The third kappa shape index (κ3) is 4.76. The zero-order chi connectivity index (χ0) is 20.1. The molecule has 0 aromatic heterocycles. The highest BCUT2D eigenvalue weighted by Gasteiger charge is 2.23. The van der Waals surface area contributed by atoms with Gasteiger partial charge in [-0.05, 0) is 29.2 Å². The van der Waals surface area contributed by atoms with E-state index in [4.69, 9.17) is 21.1 Å². The fraction of sp³-hybridized carbons (Fsp3) is 0.350. The van der Waals surface area contributed by atoms with Crippen molar-refractivity contribution in [2.45, 2.75) is 26.2 Å². The van der Waals surface area contributed by atoms with Gasteiger partial charge in [0.1, 0.15) is 5.75 Å². The van der Waals surface area contributed by atoms with Gasteiger partial charge in [0.2, 0.25) is 0 Å². The van der Waals surface area contributed by atoms with Gasteiger partial charge in [-0.2, -0.15) is 0 Å². The largest absolute Gasteiger partial charge is 0.467 e. The zero-order valence-electron chi connectivity index (χ0n) is 15.6. The summed E-state index contributed by atoms with van der Waals surface area (Å²) in [4.78, 5) is 11.5. The minimum Gasteiger partial charge on any atom is -0.467 e. The summed E-state index contributed by atoms with van der Waals surface area (Å²) < 4.78 is 43.6. The number of carbonyl (C=O) groups excluding carboxylic acids is 1. The monoisotopic (exact) mass is 398 g/mol. The second-order valence-corrected chi connectivity index (χ2v) is 6.67. The Labute approximate surface area is 162 Å². The molecule has 0 heterocycles. The van der Waals surface area contributed by atoms with E-state index in [-0.39, 0.29) is 29.7 Å². The predicted molar refractivity (Wildman–Crippen MR) is 98.5 cm³/mol. The Hall–Kier alpha value is -2.18. The van der Waals surface area contributed by atoms with Crippen molar-refractivity contribution in [2.75, 3.05) is 21.0 Å². The first-order valence-electron chi connectivity index (χ1n) is 8.29. The molecule has 0 saturated heterocycles. The molecule has 0 bridgehead atoms. The number of hydrogen-bond donors (Lipinski definition) is 0.